The van der Waals surface area contributed by atoms with E-state index >= 15 is 0 Å². The molecule has 0 fully saturated rings. The van der Waals surface area contributed by atoms with Gasteiger partial charge in [0.2, 0.25) is 0 Å². The van der Waals surface area contributed by atoms with E-state index in [-0.39, 0.29) is 18.0 Å². The lowest BCUT2D eigenvalue weighted by Crippen LogP contribution is -2.08. The zero-order chi connectivity index (χ0) is 14.5. The van der Waals surface area contributed by atoms with Crippen molar-refractivity contribution in [1.29, 1.82) is 0 Å². The number of hydrogen-bond acceptors (Lipinski definition) is 2. The van der Waals surface area contributed by atoms with E-state index in [0.717, 1.165) is 0 Å². The molecule has 0 aromatic heterocycles. The van der Waals surface area contributed by atoms with Gasteiger partial charge in [0.1, 0.15) is 11.6 Å². The predicted molar refractivity (Wildman–Crippen MR) is 74.5 cm³/mol. The first-order valence-corrected chi connectivity index (χ1v) is 6.58. The maximum Gasteiger partial charge on any atom is 0.387 e. The molecule has 2 aromatic carbocycles. The fourth-order valence-electron chi connectivity index (χ4n) is 1.71. The number of para-hydroxylation sites is 2. The molecule has 0 radical (unpaired) electrons. The molecule has 2 aromatic rings. The van der Waals surface area contributed by atoms with Crippen LogP contribution in [0.5, 0.6) is 5.75 Å². The molecule has 0 unspecified atom stereocenters. The number of halogens is 4. The number of nitrogens with one attached hydrogen (secondary N) is 1. The summed E-state index contributed by atoms with van der Waals surface area (Å²) >= 11 is 3.23. The maximum atomic E-state index is 13.6. The van der Waals surface area contributed by atoms with Crippen LogP contribution in [0.4, 0.5) is 18.9 Å². The Morgan fingerprint density at radius 3 is 2.55 bits per heavy atom. The van der Waals surface area contributed by atoms with Gasteiger partial charge in [-0.25, -0.2) is 4.39 Å². The number of benzene rings is 2. The van der Waals surface area contributed by atoms with Gasteiger partial charge in [0.05, 0.1) is 5.69 Å². The lowest BCUT2D eigenvalue weighted by Gasteiger charge is -2.13. The van der Waals surface area contributed by atoms with Gasteiger partial charge in [-0.3, -0.25) is 0 Å². The van der Waals surface area contributed by atoms with Crippen LogP contribution in [-0.4, -0.2) is 6.61 Å². The van der Waals surface area contributed by atoms with Gasteiger partial charge in [0, 0.05) is 16.6 Å². The van der Waals surface area contributed by atoms with E-state index in [1.807, 2.05) is 0 Å². The highest BCUT2D eigenvalue weighted by atomic mass is 79.9. The second-order valence-electron chi connectivity index (χ2n) is 3.94. The highest BCUT2D eigenvalue weighted by Gasteiger charge is 2.10. The van der Waals surface area contributed by atoms with Crippen LogP contribution in [0.15, 0.2) is 46.9 Å². The Hall–Kier alpha value is -1.69. The monoisotopic (exact) mass is 345 g/mol. The number of ether oxygens (including phenoxy) is 1. The lowest BCUT2D eigenvalue weighted by atomic mass is 10.2. The average molecular weight is 346 g/mol. The molecule has 0 saturated carbocycles. The zero-order valence-corrected chi connectivity index (χ0v) is 11.8. The average Bonchev–Trinajstić information content (AvgIpc) is 2.39. The van der Waals surface area contributed by atoms with Crippen molar-refractivity contribution in [2.45, 2.75) is 13.2 Å². The number of anilines is 1. The van der Waals surface area contributed by atoms with Gasteiger partial charge in [0.15, 0.2) is 0 Å². The second-order valence-corrected chi connectivity index (χ2v) is 4.79. The van der Waals surface area contributed by atoms with E-state index in [1.165, 1.54) is 12.1 Å². The lowest BCUT2D eigenvalue weighted by molar-refractivity contribution is -0.0504. The minimum absolute atomic E-state index is 0.0717. The first kappa shape index (κ1) is 14.7. The summed E-state index contributed by atoms with van der Waals surface area (Å²) in [5.74, 6) is -0.353. The van der Waals surface area contributed by atoms with E-state index in [0.29, 0.717) is 10.0 Å². The molecular weight excluding hydrogens is 335 g/mol. The molecule has 0 heterocycles. The van der Waals surface area contributed by atoms with E-state index in [4.69, 9.17) is 0 Å². The van der Waals surface area contributed by atoms with Crippen LogP contribution >= 0.6 is 15.9 Å². The first-order chi connectivity index (χ1) is 9.58. The van der Waals surface area contributed by atoms with Crippen LogP contribution in [0.1, 0.15) is 5.56 Å². The van der Waals surface area contributed by atoms with E-state index in [1.54, 1.807) is 30.3 Å². The SMILES string of the molecule is Fc1cccc(Br)c1NCc1ccccc1OC(F)F. The molecule has 0 aliphatic carbocycles. The molecule has 0 aliphatic rings. The molecule has 0 bridgehead atoms. The van der Waals surface area contributed by atoms with Crippen LogP contribution < -0.4 is 10.1 Å². The van der Waals surface area contributed by atoms with Gasteiger partial charge >= 0.3 is 6.61 Å². The fourth-order valence-corrected chi connectivity index (χ4v) is 2.19. The molecule has 0 saturated heterocycles. The molecule has 0 amide bonds. The van der Waals surface area contributed by atoms with Crippen LogP contribution in [0.25, 0.3) is 0 Å². The smallest absolute Gasteiger partial charge is 0.387 e. The van der Waals surface area contributed by atoms with Crippen molar-refractivity contribution in [3.8, 4) is 5.75 Å². The summed E-state index contributed by atoms with van der Waals surface area (Å²) in [7, 11) is 0. The molecule has 20 heavy (non-hydrogen) atoms. The molecule has 0 atom stereocenters. The van der Waals surface area contributed by atoms with Gasteiger partial charge < -0.3 is 10.1 Å². The van der Waals surface area contributed by atoms with Gasteiger partial charge in [-0.05, 0) is 34.1 Å². The van der Waals surface area contributed by atoms with Gasteiger partial charge in [-0.15, -0.1) is 0 Å². The molecule has 6 heteroatoms. The molecular formula is C14H11BrF3NO. The quantitative estimate of drug-likeness (QED) is 0.840. The summed E-state index contributed by atoms with van der Waals surface area (Å²) in [6.45, 7) is -2.72. The van der Waals surface area contributed by atoms with Crippen molar-refractivity contribution in [2.75, 3.05) is 5.32 Å². The highest BCUT2D eigenvalue weighted by molar-refractivity contribution is 9.10. The minimum atomic E-state index is -2.89. The highest BCUT2D eigenvalue weighted by Crippen LogP contribution is 2.27. The van der Waals surface area contributed by atoms with E-state index in [2.05, 4.69) is 26.0 Å². The Morgan fingerprint density at radius 2 is 1.85 bits per heavy atom. The van der Waals surface area contributed by atoms with Crippen molar-refractivity contribution >= 4 is 21.6 Å². The Morgan fingerprint density at radius 1 is 1.10 bits per heavy atom. The zero-order valence-electron chi connectivity index (χ0n) is 10.2. The van der Waals surface area contributed by atoms with Crippen molar-refractivity contribution in [1.82, 2.24) is 0 Å². The topological polar surface area (TPSA) is 21.3 Å². The summed E-state index contributed by atoms with van der Waals surface area (Å²) in [6, 6.07) is 10.9. The van der Waals surface area contributed by atoms with Gasteiger partial charge in [-0.2, -0.15) is 8.78 Å². The molecule has 0 aliphatic heterocycles. The number of alkyl halides is 2. The van der Waals surface area contributed by atoms with Gasteiger partial charge in [0.25, 0.3) is 0 Å². The third kappa shape index (κ3) is 3.66. The van der Waals surface area contributed by atoms with Crippen LogP contribution in [0.3, 0.4) is 0 Å². The Labute approximate surface area is 122 Å². The molecule has 2 rings (SSSR count). The van der Waals surface area contributed by atoms with Crippen molar-refractivity contribution in [2.24, 2.45) is 0 Å². The summed E-state index contributed by atoms with van der Waals surface area (Å²) in [5.41, 5.74) is 0.794. The predicted octanol–water partition coefficient (Wildman–Crippen LogP) is 4.80. The normalized spacial score (nSPS) is 10.7. The Balaban J connectivity index is 2.15. The molecule has 106 valence electrons. The van der Waals surface area contributed by atoms with Crippen LogP contribution in [0, 0.1) is 5.82 Å². The number of rotatable bonds is 5. The summed E-state index contributed by atoms with van der Waals surface area (Å²) in [4.78, 5) is 0. The van der Waals surface area contributed by atoms with Crippen LogP contribution in [0.2, 0.25) is 0 Å². The maximum absolute atomic E-state index is 13.6. The summed E-state index contributed by atoms with van der Waals surface area (Å²) in [5, 5.41) is 2.86. The first-order valence-electron chi connectivity index (χ1n) is 5.78. The fraction of sp³-hybridized carbons (Fsp3) is 0.143. The molecule has 0 spiro atoms. The summed E-state index contributed by atoms with van der Waals surface area (Å²) < 4.78 is 43.2. The largest absolute Gasteiger partial charge is 0.434 e. The molecule has 1 N–H and O–H groups in total. The van der Waals surface area contributed by atoms with Gasteiger partial charge in [-0.1, -0.05) is 24.3 Å². The Kier molecular flexibility index (Phi) is 4.89. The molecule has 2 nitrogen and oxygen atoms in total. The Bertz CT molecular complexity index is 572. The summed E-state index contributed by atoms with van der Waals surface area (Å²) in [6.07, 6.45) is 0. The van der Waals surface area contributed by atoms with E-state index < -0.39 is 12.4 Å². The minimum Gasteiger partial charge on any atom is -0.434 e. The van der Waals surface area contributed by atoms with Crippen molar-refractivity contribution in [3.05, 3.63) is 58.3 Å². The standard InChI is InChI=1S/C14H11BrF3NO/c15-10-5-3-6-11(16)13(10)19-8-9-4-1-2-7-12(9)20-14(17)18/h1-7,14,19H,8H2. The van der Waals surface area contributed by atoms with E-state index in [9.17, 15) is 13.2 Å². The third-order valence-corrected chi connectivity index (χ3v) is 3.27. The third-order valence-electron chi connectivity index (χ3n) is 2.61. The van der Waals surface area contributed by atoms with Crippen molar-refractivity contribution in [3.63, 3.8) is 0 Å². The second kappa shape index (κ2) is 6.65. The number of hydrogen-bond donors (Lipinski definition) is 1. The van der Waals surface area contributed by atoms with Crippen LogP contribution in [-0.2, 0) is 6.54 Å². The van der Waals surface area contributed by atoms with Crippen molar-refractivity contribution < 1.29 is 17.9 Å².